The number of carbonyl (C=O) groups is 2. The number of fused-ring (bicyclic) bond motifs is 2. The average molecular weight is 376 g/mol. The molecular formula is C13H20N4O7S. The third-order valence-electron chi connectivity index (χ3n) is 4.68. The quantitative estimate of drug-likeness (QED) is 0.340. The van der Waals surface area contributed by atoms with Crippen LogP contribution in [0.4, 0.5) is 4.79 Å². The Kier molecular flexibility index (Phi) is 4.95. The van der Waals surface area contributed by atoms with Gasteiger partial charge in [-0.1, -0.05) is 0 Å². The molecule has 0 saturated carbocycles. The molecular weight excluding hydrogens is 356 g/mol. The molecule has 3 rings (SSSR count). The Morgan fingerprint density at radius 2 is 1.96 bits per heavy atom. The number of urea groups is 1. The molecule has 0 radical (unpaired) electrons. The molecule has 0 unspecified atom stereocenters. The Morgan fingerprint density at radius 1 is 1.28 bits per heavy atom. The third kappa shape index (κ3) is 3.92. The molecule has 3 fully saturated rings. The topological polar surface area (TPSA) is 149 Å². The molecule has 0 aromatic carbocycles. The Morgan fingerprint density at radius 3 is 2.60 bits per heavy atom. The summed E-state index contributed by atoms with van der Waals surface area (Å²) < 4.78 is 40.0. The van der Waals surface area contributed by atoms with E-state index in [9.17, 15) is 18.0 Å². The number of nitrogens with one attached hydrogen (secondary N) is 2. The van der Waals surface area contributed by atoms with E-state index in [-0.39, 0.29) is 24.2 Å². The molecule has 0 aromatic heterocycles. The lowest BCUT2D eigenvalue weighted by Gasteiger charge is -2.31. The highest BCUT2D eigenvalue weighted by Crippen LogP contribution is 2.30. The lowest BCUT2D eigenvalue weighted by Crippen LogP contribution is -2.52. The minimum absolute atomic E-state index is 0.100. The fraction of sp³-hybridized carbons (Fsp3) is 0.769. The molecule has 3 aliphatic rings. The fourth-order valence-corrected chi connectivity index (χ4v) is 3.80. The van der Waals surface area contributed by atoms with Gasteiger partial charge in [0, 0.05) is 25.7 Å². The Labute approximate surface area is 144 Å². The molecule has 3 heterocycles. The monoisotopic (exact) mass is 376 g/mol. The van der Waals surface area contributed by atoms with E-state index in [4.69, 9.17) is 14.7 Å². The first-order valence-corrected chi connectivity index (χ1v) is 9.36. The van der Waals surface area contributed by atoms with E-state index in [2.05, 4.69) is 9.60 Å². The molecule has 3 saturated heterocycles. The molecule has 3 N–H and O–H groups in total. The number of nitrogens with zero attached hydrogens (tertiary/aromatic N) is 2. The first-order valence-electron chi connectivity index (χ1n) is 8.00. The lowest BCUT2D eigenvalue weighted by atomic mass is 9.97. The molecule has 0 aliphatic carbocycles. The van der Waals surface area contributed by atoms with Crippen LogP contribution in [0.3, 0.4) is 0 Å². The van der Waals surface area contributed by atoms with Crippen LogP contribution in [-0.2, 0) is 24.2 Å². The van der Waals surface area contributed by atoms with Gasteiger partial charge in [-0.25, -0.2) is 4.79 Å². The molecule has 0 aromatic rings. The third-order valence-corrected chi connectivity index (χ3v) is 5.03. The van der Waals surface area contributed by atoms with Crippen LogP contribution >= 0.6 is 0 Å². The highest BCUT2D eigenvalue weighted by molar-refractivity contribution is 7.80. The van der Waals surface area contributed by atoms with Crippen LogP contribution in [0.2, 0.25) is 0 Å². The van der Waals surface area contributed by atoms with Crippen LogP contribution in [0.25, 0.3) is 0 Å². The number of piperidine rings is 1. The number of hydrogen-bond donors (Lipinski definition) is 3. The van der Waals surface area contributed by atoms with E-state index in [1.165, 1.54) is 4.90 Å². The summed E-state index contributed by atoms with van der Waals surface area (Å²) in [5, 5.41) is 11.3. The second kappa shape index (κ2) is 6.86. The first kappa shape index (κ1) is 18.0. The first-order chi connectivity index (χ1) is 11.8. The molecule has 140 valence electrons. The number of hydroxylamine groups is 2. The summed E-state index contributed by atoms with van der Waals surface area (Å²) in [5.41, 5.74) is 0. The standard InChI is InChI=1S/C13H20N4O7S/c14-11(15-12(18)8-3-5-23-6-4-8)10-2-1-9-7-16(10)13(19)17(9)24-25(20,21)22/h8-10H,1-7H2,(H2,14,15,18)(H,20,21,22)/t9-,10+/m1/s1. The van der Waals surface area contributed by atoms with Gasteiger partial charge >= 0.3 is 16.4 Å². The minimum Gasteiger partial charge on any atom is -0.381 e. The van der Waals surface area contributed by atoms with Crippen molar-refractivity contribution in [1.29, 1.82) is 5.41 Å². The molecule has 25 heavy (non-hydrogen) atoms. The van der Waals surface area contributed by atoms with Gasteiger partial charge in [-0.15, -0.1) is 4.28 Å². The SMILES string of the molecule is N=C(NC(=O)C1CCOCC1)[C@@H]1CC[C@@H]2CN1C(=O)N2OS(=O)(=O)O. The predicted molar refractivity (Wildman–Crippen MR) is 82.8 cm³/mol. The largest absolute Gasteiger partial charge is 0.418 e. The molecule has 3 aliphatic heterocycles. The van der Waals surface area contributed by atoms with Gasteiger partial charge in [-0.3, -0.25) is 14.8 Å². The van der Waals surface area contributed by atoms with Gasteiger partial charge < -0.3 is 15.0 Å². The highest BCUT2D eigenvalue weighted by Gasteiger charge is 2.48. The summed E-state index contributed by atoms with van der Waals surface area (Å²) >= 11 is 0. The second-order valence-electron chi connectivity index (χ2n) is 6.30. The zero-order valence-electron chi connectivity index (χ0n) is 13.4. The van der Waals surface area contributed by atoms with E-state index in [1.54, 1.807) is 0 Å². The van der Waals surface area contributed by atoms with Crippen molar-refractivity contribution < 1.29 is 31.6 Å². The normalized spacial score (nSPS) is 27.5. The van der Waals surface area contributed by atoms with E-state index in [1.807, 2.05) is 0 Å². The van der Waals surface area contributed by atoms with Crippen molar-refractivity contribution in [2.45, 2.75) is 37.8 Å². The van der Waals surface area contributed by atoms with Crippen molar-refractivity contribution in [2.75, 3.05) is 19.8 Å². The number of rotatable bonds is 4. The lowest BCUT2D eigenvalue weighted by molar-refractivity contribution is -0.126. The molecule has 2 atom stereocenters. The number of carbonyl (C=O) groups excluding carboxylic acids is 2. The highest BCUT2D eigenvalue weighted by atomic mass is 32.3. The Hall–Kier alpha value is -1.76. The van der Waals surface area contributed by atoms with Crippen LogP contribution in [-0.4, -0.2) is 72.5 Å². The second-order valence-corrected chi connectivity index (χ2v) is 7.30. The Bertz CT molecular complexity index is 676. The molecule has 2 bridgehead atoms. The molecule has 12 heteroatoms. The maximum absolute atomic E-state index is 12.3. The average Bonchev–Trinajstić information content (AvgIpc) is 2.79. The van der Waals surface area contributed by atoms with Gasteiger partial charge in [0.1, 0.15) is 5.84 Å². The van der Waals surface area contributed by atoms with E-state index in [0.717, 1.165) is 0 Å². The van der Waals surface area contributed by atoms with Crippen molar-refractivity contribution in [2.24, 2.45) is 5.92 Å². The smallest absolute Gasteiger partial charge is 0.381 e. The molecule has 3 amide bonds. The molecule has 0 spiro atoms. The Balaban J connectivity index is 1.63. The van der Waals surface area contributed by atoms with Crippen LogP contribution in [0.5, 0.6) is 0 Å². The summed E-state index contributed by atoms with van der Waals surface area (Å²) in [4.78, 5) is 25.8. The number of amidine groups is 1. The van der Waals surface area contributed by atoms with Gasteiger partial charge in [0.25, 0.3) is 0 Å². The van der Waals surface area contributed by atoms with E-state index < -0.39 is 28.5 Å². The molecule has 11 nitrogen and oxygen atoms in total. The van der Waals surface area contributed by atoms with Crippen molar-refractivity contribution in [3.63, 3.8) is 0 Å². The van der Waals surface area contributed by atoms with Crippen LogP contribution in [0.15, 0.2) is 0 Å². The van der Waals surface area contributed by atoms with Crippen molar-refractivity contribution in [3.8, 4) is 0 Å². The van der Waals surface area contributed by atoms with Gasteiger partial charge in [0.2, 0.25) is 5.91 Å². The minimum atomic E-state index is -4.81. The van der Waals surface area contributed by atoms with Crippen molar-refractivity contribution >= 4 is 28.2 Å². The van der Waals surface area contributed by atoms with Crippen LogP contribution in [0, 0.1) is 11.3 Å². The predicted octanol–water partition coefficient (Wildman–Crippen LogP) is -0.491. The van der Waals surface area contributed by atoms with Crippen LogP contribution < -0.4 is 5.32 Å². The van der Waals surface area contributed by atoms with Crippen LogP contribution in [0.1, 0.15) is 25.7 Å². The van der Waals surface area contributed by atoms with E-state index in [0.29, 0.717) is 44.0 Å². The number of hydrogen-bond acceptors (Lipinski definition) is 7. The zero-order chi connectivity index (χ0) is 18.2. The van der Waals surface area contributed by atoms with Gasteiger partial charge in [0.15, 0.2) is 0 Å². The summed E-state index contributed by atoms with van der Waals surface area (Å²) in [6.07, 6.45) is 1.95. The maximum atomic E-state index is 12.3. The van der Waals surface area contributed by atoms with E-state index >= 15 is 0 Å². The van der Waals surface area contributed by atoms with Crippen molar-refractivity contribution in [3.05, 3.63) is 0 Å². The summed E-state index contributed by atoms with van der Waals surface area (Å²) in [5.74, 6) is -0.593. The summed E-state index contributed by atoms with van der Waals surface area (Å²) in [6, 6.07) is -1.94. The maximum Gasteiger partial charge on any atom is 0.418 e. The van der Waals surface area contributed by atoms with Gasteiger partial charge in [-0.2, -0.15) is 13.5 Å². The van der Waals surface area contributed by atoms with Gasteiger partial charge in [-0.05, 0) is 25.7 Å². The summed E-state index contributed by atoms with van der Waals surface area (Å²) in [7, 11) is -4.81. The van der Waals surface area contributed by atoms with Gasteiger partial charge in [0.05, 0.1) is 12.1 Å². The fourth-order valence-electron chi connectivity index (χ4n) is 3.41. The zero-order valence-corrected chi connectivity index (χ0v) is 14.2. The van der Waals surface area contributed by atoms with Crippen molar-refractivity contribution in [1.82, 2.24) is 15.3 Å². The summed E-state index contributed by atoms with van der Waals surface area (Å²) in [6.45, 7) is 1.17. The number of amides is 3. The number of ether oxygens (including phenoxy) is 1.